The molecule has 5 nitrogen and oxygen atoms in total. The molecule has 0 amide bonds. The van der Waals surface area contributed by atoms with E-state index in [-0.39, 0.29) is 22.0 Å². The average Bonchev–Trinajstić information content (AvgIpc) is 2.61. The molecule has 0 unspecified atom stereocenters. The number of sulfonamides is 1. The molecule has 1 aromatic rings. The van der Waals surface area contributed by atoms with Crippen LogP contribution in [0.15, 0.2) is 22.0 Å². The van der Waals surface area contributed by atoms with Gasteiger partial charge in [-0.2, -0.15) is 8.78 Å². The van der Waals surface area contributed by atoms with Gasteiger partial charge in [0.2, 0.25) is 0 Å². The van der Waals surface area contributed by atoms with Crippen LogP contribution in [0.4, 0.5) is 8.78 Å². The number of nitrogens with zero attached hydrogens (tertiary/aromatic N) is 1. The number of ether oxygens (including phenoxy) is 1. The fourth-order valence-corrected chi connectivity index (χ4v) is 3.21. The molecule has 0 saturated carbocycles. The van der Waals surface area contributed by atoms with Crippen LogP contribution in [0.25, 0.3) is 0 Å². The van der Waals surface area contributed by atoms with Crippen LogP contribution in [-0.4, -0.2) is 27.9 Å². The maximum atomic E-state index is 12.5. The average molecular weight is 290 g/mol. The molecule has 2 rings (SSSR count). The first-order valence-electron chi connectivity index (χ1n) is 5.51. The highest BCUT2D eigenvalue weighted by Gasteiger charge is 2.35. The van der Waals surface area contributed by atoms with E-state index in [2.05, 4.69) is 14.5 Å². The van der Waals surface area contributed by atoms with E-state index >= 15 is 0 Å². The lowest BCUT2D eigenvalue weighted by molar-refractivity contribution is -0.0506. The van der Waals surface area contributed by atoms with Crippen LogP contribution < -0.4 is 9.46 Å². The molecule has 0 bridgehead atoms. The summed E-state index contributed by atoms with van der Waals surface area (Å²) in [5, 5.41) is 0. The molecule has 0 aliphatic carbocycles. The van der Waals surface area contributed by atoms with Crippen LogP contribution in [0.1, 0.15) is 18.1 Å². The van der Waals surface area contributed by atoms with Crippen molar-refractivity contribution in [2.45, 2.75) is 24.9 Å². The Morgan fingerprint density at radius 3 is 2.63 bits per heavy atom. The van der Waals surface area contributed by atoms with Gasteiger partial charge >= 0.3 is 6.61 Å². The summed E-state index contributed by atoms with van der Waals surface area (Å²) in [5.41, 5.74) is 0.571. The predicted molar refractivity (Wildman–Crippen MR) is 65.2 cm³/mol. The Morgan fingerprint density at radius 1 is 1.42 bits per heavy atom. The van der Waals surface area contributed by atoms with E-state index in [1.165, 1.54) is 19.2 Å². The largest absolute Gasteiger partial charge is 0.434 e. The van der Waals surface area contributed by atoms with Gasteiger partial charge in [-0.3, -0.25) is 9.71 Å². The lowest BCUT2D eigenvalue weighted by Crippen LogP contribution is -2.22. The molecule has 0 saturated heterocycles. The molecule has 0 atom stereocenters. The number of nitrogens with one attached hydrogen (secondary N) is 1. The Balaban J connectivity index is 2.75. The van der Waals surface area contributed by atoms with Gasteiger partial charge in [-0.1, -0.05) is 13.0 Å². The third kappa shape index (κ3) is 2.27. The molecule has 8 heteroatoms. The minimum Gasteiger partial charge on any atom is -0.434 e. The van der Waals surface area contributed by atoms with Crippen molar-refractivity contribution in [3.05, 3.63) is 23.3 Å². The van der Waals surface area contributed by atoms with E-state index in [9.17, 15) is 17.2 Å². The first-order valence-corrected chi connectivity index (χ1v) is 6.99. The van der Waals surface area contributed by atoms with E-state index in [1.807, 2.05) is 0 Å². The first kappa shape index (κ1) is 13.7. The molecular weight excluding hydrogens is 278 g/mol. The molecule has 19 heavy (non-hydrogen) atoms. The van der Waals surface area contributed by atoms with E-state index in [0.717, 1.165) is 0 Å². The molecule has 0 aromatic heterocycles. The number of amidine groups is 1. The maximum Gasteiger partial charge on any atom is 0.387 e. The zero-order valence-electron chi connectivity index (χ0n) is 10.3. The Kier molecular flexibility index (Phi) is 3.44. The van der Waals surface area contributed by atoms with Crippen molar-refractivity contribution in [2.24, 2.45) is 4.99 Å². The topological polar surface area (TPSA) is 67.8 Å². The van der Waals surface area contributed by atoms with Crippen LogP contribution in [0.3, 0.4) is 0 Å². The van der Waals surface area contributed by atoms with Gasteiger partial charge in [0.15, 0.2) is 0 Å². The van der Waals surface area contributed by atoms with Crippen LogP contribution in [0.5, 0.6) is 5.75 Å². The minimum atomic E-state index is -3.76. The van der Waals surface area contributed by atoms with Gasteiger partial charge in [-0.25, -0.2) is 8.42 Å². The number of aliphatic imine (C=N–C) groups is 1. The smallest absolute Gasteiger partial charge is 0.387 e. The molecule has 0 fully saturated rings. The van der Waals surface area contributed by atoms with Crippen LogP contribution in [0, 0.1) is 0 Å². The number of rotatable bonds is 3. The van der Waals surface area contributed by atoms with Crippen molar-refractivity contribution in [3.8, 4) is 5.75 Å². The number of fused-ring (bicyclic) bond motifs is 1. The Labute approximate surface area is 109 Å². The second kappa shape index (κ2) is 4.76. The van der Waals surface area contributed by atoms with Gasteiger partial charge < -0.3 is 4.74 Å². The minimum absolute atomic E-state index is 0.0148. The Morgan fingerprint density at radius 2 is 2.11 bits per heavy atom. The Hall–Kier alpha value is -1.70. The fourth-order valence-electron chi connectivity index (χ4n) is 1.95. The maximum absolute atomic E-state index is 12.5. The summed E-state index contributed by atoms with van der Waals surface area (Å²) in [6, 6.07) is 2.83. The molecule has 1 heterocycles. The second-order valence-electron chi connectivity index (χ2n) is 3.84. The molecule has 1 aliphatic rings. The van der Waals surface area contributed by atoms with Gasteiger partial charge in [0.1, 0.15) is 16.5 Å². The van der Waals surface area contributed by atoms with Gasteiger partial charge in [0.25, 0.3) is 10.0 Å². The SMILES string of the molecule is CCc1ccc2c(c1OC(F)F)C(=NC)NS2(=O)=O. The summed E-state index contributed by atoms with van der Waals surface area (Å²) in [6.07, 6.45) is 0.437. The number of aryl methyl sites for hydroxylation is 1. The molecule has 1 aromatic carbocycles. The van der Waals surface area contributed by atoms with Crippen molar-refractivity contribution < 1.29 is 21.9 Å². The van der Waals surface area contributed by atoms with Gasteiger partial charge in [-0.05, 0) is 18.1 Å². The standard InChI is InChI=1S/C11H12F2N2O3S/c1-3-6-4-5-7-8(9(6)18-11(12)13)10(14-2)15-19(7,16)17/h4-5,11H,3H2,1-2H3,(H,14,15). The number of alkyl halides is 2. The van der Waals surface area contributed by atoms with E-state index in [1.54, 1.807) is 6.92 Å². The number of hydrogen-bond acceptors (Lipinski definition) is 4. The highest BCUT2D eigenvalue weighted by molar-refractivity contribution is 7.90. The predicted octanol–water partition coefficient (Wildman–Crippen LogP) is 1.52. The summed E-state index contributed by atoms with van der Waals surface area (Å²) in [5.74, 6) is -0.120. The van der Waals surface area contributed by atoms with Crippen molar-refractivity contribution in [3.63, 3.8) is 0 Å². The lowest BCUT2D eigenvalue weighted by atomic mass is 10.1. The van der Waals surface area contributed by atoms with Crippen molar-refractivity contribution >= 4 is 15.9 Å². The van der Waals surface area contributed by atoms with E-state index < -0.39 is 16.6 Å². The zero-order chi connectivity index (χ0) is 14.2. The van der Waals surface area contributed by atoms with Crippen molar-refractivity contribution in [2.75, 3.05) is 7.05 Å². The molecular formula is C11H12F2N2O3S. The normalized spacial score (nSPS) is 18.5. The summed E-state index contributed by atoms with van der Waals surface area (Å²) in [4.78, 5) is 3.67. The molecule has 1 aliphatic heterocycles. The highest BCUT2D eigenvalue weighted by atomic mass is 32.2. The monoisotopic (exact) mass is 290 g/mol. The fraction of sp³-hybridized carbons (Fsp3) is 0.364. The highest BCUT2D eigenvalue weighted by Crippen LogP contribution is 2.35. The molecule has 1 N–H and O–H groups in total. The van der Waals surface area contributed by atoms with E-state index in [4.69, 9.17) is 0 Å². The molecule has 0 radical (unpaired) electrons. The van der Waals surface area contributed by atoms with E-state index in [0.29, 0.717) is 12.0 Å². The van der Waals surface area contributed by atoms with Gasteiger partial charge in [0.05, 0.1) is 5.56 Å². The van der Waals surface area contributed by atoms with Crippen LogP contribution in [0.2, 0.25) is 0 Å². The zero-order valence-corrected chi connectivity index (χ0v) is 11.1. The summed E-state index contributed by atoms with van der Waals surface area (Å²) in [6.45, 7) is -1.27. The Bertz CT molecular complexity index is 642. The van der Waals surface area contributed by atoms with Gasteiger partial charge in [-0.15, -0.1) is 0 Å². The first-order chi connectivity index (χ1) is 8.90. The number of benzene rings is 1. The number of halogens is 2. The molecule has 104 valence electrons. The quantitative estimate of drug-likeness (QED) is 0.917. The van der Waals surface area contributed by atoms with Gasteiger partial charge in [0, 0.05) is 7.05 Å². The van der Waals surface area contributed by atoms with Crippen molar-refractivity contribution in [1.29, 1.82) is 0 Å². The summed E-state index contributed by atoms with van der Waals surface area (Å²) < 4.78 is 55.3. The second-order valence-corrected chi connectivity index (χ2v) is 5.49. The van der Waals surface area contributed by atoms with Crippen LogP contribution >= 0.6 is 0 Å². The lowest BCUT2D eigenvalue weighted by Gasteiger charge is -2.12. The van der Waals surface area contributed by atoms with Crippen LogP contribution in [-0.2, 0) is 16.4 Å². The third-order valence-corrected chi connectivity index (χ3v) is 4.15. The summed E-state index contributed by atoms with van der Waals surface area (Å²) >= 11 is 0. The number of hydrogen-bond donors (Lipinski definition) is 1. The van der Waals surface area contributed by atoms with Crippen molar-refractivity contribution in [1.82, 2.24) is 4.72 Å². The summed E-state index contributed by atoms with van der Waals surface area (Å²) in [7, 11) is -2.38. The third-order valence-electron chi connectivity index (χ3n) is 2.77. The molecule has 0 spiro atoms.